The van der Waals surface area contributed by atoms with Gasteiger partial charge in [-0.25, -0.2) is 0 Å². The van der Waals surface area contributed by atoms with Crippen molar-refractivity contribution < 1.29 is 9.59 Å². The second-order valence-corrected chi connectivity index (χ2v) is 5.86. The van der Waals surface area contributed by atoms with E-state index in [1.165, 1.54) is 6.92 Å². The Hall–Kier alpha value is -2.44. The maximum absolute atomic E-state index is 12.1. The fourth-order valence-corrected chi connectivity index (χ4v) is 2.38. The van der Waals surface area contributed by atoms with Crippen LogP contribution in [-0.4, -0.2) is 35.3 Å². The van der Waals surface area contributed by atoms with Gasteiger partial charge in [0.25, 0.3) is 0 Å². The highest BCUT2D eigenvalue weighted by molar-refractivity contribution is 6.31. The number of amides is 2. The predicted molar refractivity (Wildman–Crippen MR) is 95.0 cm³/mol. The van der Waals surface area contributed by atoms with Gasteiger partial charge in [0.05, 0.1) is 11.6 Å². The van der Waals surface area contributed by atoms with E-state index in [4.69, 9.17) is 11.6 Å². The van der Waals surface area contributed by atoms with E-state index < -0.39 is 0 Å². The fourth-order valence-electron chi connectivity index (χ4n) is 2.20. The first-order valence-electron chi connectivity index (χ1n) is 7.38. The van der Waals surface area contributed by atoms with Crippen molar-refractivity contribution in [3.8, 4) is 0 Å². The third kappa shape index (κ3) is 5.64. The van der Waals surface area contributed by atoms with Gasteiger partial charge in [-0.05, 0) is 36.9 Å². The lowest BCUT2D eigenvalue weighted by Crippen LogP contribution is -2.30. The van der Waals surface area contributed by atoms with E-state index in [2.05, 4.69) is 15.6 Å². The summed E-state index contributed by atoms with van der Waals surface area (Å²) in [4.78, 5) is 29.0. The van der Waals surface area contributed by atoms with Gasteiger partial charge < -0.3 is 10.6 Å². The van der Waals surface area contributed by atoms with Crippen LogP contribution in [0.2, 0.25) is 5.02 Å². The number of nitrogens with one attached hydrogen (secondary N) is 2. The molecule has 1 heterocycles. The Labute approximate surface area is 145 Å². The average molecular weight is 347 g/mol. The quantitative estimate of drug-likeness (QED) is 0.843. The van der Waals surface area contributed by atoms with E-state index in [0.717, 1.165) is 5.56 Å². The number of carbonyl (C=O) groups is 2. The molecule has 0 saturated heterocycles. The van der Waals surface area contributed by atoms with E-state index in [1.54, 1.807) is 36.7 Å². The Kier molecular flexibility index (Phi) is 6.28. The smallest absolute Gasteiger partial charge is 0.238 e. The molecule has 0 radical (unpaired) electrons. The van der Waals surface area contributed by atoms with Gasteiger partial charge in [-0.3, -0.25) is 19.5 Å². The van der Waals surface area contributed by atoms with Crippen molar-refractivity contribution in [3.63, 3.8) is 0 Å². The van der Waals surface area contributed by atoms with Gasteiger partial charge >= 0.3 is 0 Å². The summed E-state index contributed by atoms with van der Waals surface area (Å²) in [5.74, 6) is -0.310. The molecule has 2 amide bonds. The fraction of sp³-hybridized carbons (Fsp3) is 0.235. The van der Waals surface area contributed by atoms with Crippen molar-refractivity contribution in [3.05, 3.63) is 53.3 Å². The molecule has 0 unspecified atom stereocenters. The summed E-state index contributed by atoms with van der Waals surface area (Å²) in [6, 6.07) is 8.82. The second kappa shape index (κ2) is 8.42. The summed E-state index contributed by atoms with van der Waals surface area (Å²) in [5, 5.41) is 6.06. The molecular weight excluding hydrogens is 328 g/mol. The molecule has 6 nitrogen and oxygen atoms in total. The van der Waals surface area contributed by atoms with Crippen LogP contribution in [0.3, 0.4) is 0 Å². The third-order valence-corrected chi connectivity index (χ3v) is 3.52. The Balaban J connectivity index is 1.91. The highest BCUT2D eigenvalue weighted by Gasteiger charge is 2.10. The molecule has 0 bridgehead atoms. The standard InChI is InChI=1S/C17H19ClN4O2/c1-12(23)20-14-4-3-5-15(8-14)21-17(24)11-22(2)10-13-6-7-19-9-16(13)18/h3-9H,10-11H2,1-2H3,(H,20,23)(H,21,24). The normalized spacial score (nSPS) is 10.5. The molecule has 0 atom stereocenters. The SMILES string of the molecule is CC(=O)Nc1cccc(NC(=O)CN(C)Cc2ccncc2Cl)c1. The number of hydrogen-bond acceptors (Lipinski definition) is 4. The summed E-state index contributed by atoms with van der Waals surface area (Å²) in [6.45, 7) is 2.19. The Morgan fingerprint density at radius 1 is 1.21 bits per heavy atom. The summed E-state index contributed by atoms with van der Waals surface area (Å²) in [5.41, 5.74) is 2.17. The van der Waals surface area contributed by atoms with E-state index in [-0.39, 0.29) is 18.4 Å². The highest BCUT2D eigenvalue weighted by Crippen LogP contribution is 2.16. The molecular formula is C17H19ClN4O2. The Morgan fingerprint density at radius 3 is 2.58 bits per heavy atom. The van der Waals surface area contributed by atoms with E-state index >= 15 is 0 Å². The first kappa shape index (κ1) is 17.9. The van der Waals surface area contributed by atoms with E-state index in [0.29, 0.717) is 22.9 Å². The first-order valence-corrected chi connectivity index (χ1v) is 7.76. The predicted octanol–water partition coefficient (Wildman–Crippen LogP) is 2.76. The van der Waals surface area contributed by atoms with Crippen molar-refractivity contribution in [2.45, 2.75) is 13.5 Å². The van der Waals surface area contributed by atoms with Crippen LogP contribution < -0.4 is 10.6 Å². The van der Waals surface area contributed by atoms with Gasteiger partial charge in [-0.15, -0.1) is 0 Å². The van der Waals surface area contributed by atoms with Crippen molar-refractivity contribution in [1.82, 2.24) is 9.88 Å². The van der Waals surface area contributed by atoms with Crippen molar-refractivity contribution in [1.29, 1.82) is 0 Å². The first-order chi connectivity index (χ1) is 11.4. The molecule has 1 aromatic heterocycles. The molecule has 0 aliphatic heterocycles. The van der Waals surface area contributed by atoms with Gasteiger partial charge in [0.15, 0.2) is 0 Å². The maximum Gasteiger partial charge on any atom is 0.238 e. The minimum Gasteiger partial charge on any atom is -0.326 e. The summed E-state index contributed by atoms with van der Waals surface area (Å²) in [6.07, 6.45) is 3.25. The molecule has 2 N–H and O–H groups in total. The van der Waals surface area contributed by atoms with Crippen LogP contribution in [0.1, 0.15) is 12.5 Å². The van der Waals surface area contributed by atoms with Crippen molar-refractivity contribution >= 4 is 34.8 Å². The summed E-state index contributed by atoms with van der Waals surface area (Å²) in [7, 11) is 1.84. The molecule has 0 spiro atoms. The zero-order chi connectivity index (χ0) is 17.5. The Morgan fingerprint density at radius 2 is 1.92 bits per heavy atom. The molecule has 7 heteroatoms. The lowest BCUT2D eigenvalue weighted by atomic mass is 10.2. The number of carbonyl (C=O) groups excluding carboxylic acids is 2. The van der Waals surface area contributed by atoms with Gasteiger partial charge in [-0.2, -0.15) is 0 Å². The van der Waals surface area contributed by atoms with Gasteiger partial charge in [-0.1, -0.05) is 17.7 Å². The largest absolute Gasteiger partial charge is 0.326 e. The van der Waals surface area contributed by atoms with Crippen molar-refractivity contribution in [2.75, 3.05) is 24.2 Å². The van der Waals surface area contributed by atoms with E-state index in [9.17, 15) is 9.59 Å². The lowest BCUT2D eigenvalue weighted by Gasteiger charge is -2.17. The van der Waals surface area contributed by atoms with Gasteiger partial charge in [0.1, 0.15) is 0 Å². The molecule has 2 aromatic rings. The summed E-state index contributed by atoms with van der Waals surface area (Å²) < 4.78 is 0. The molecule has 0 saturated carbocycles. The number of nitrogens with zero attached hydrogens (tertiary/aromatic N) is 2. The molecule has 24 heavy (non-hydrogen) atoms. The van der Waals surface area contributed by atoms with Crippen LogP contribution in [0, 0.1) is 0 Å². The number of rotatable bonds is 6. The monoisotopic (exact) mass is 346 g/mol. The number of hydrogen-bond donors (Lipinski definition) is 2. The van der Waals surface area contributed by atoms with Crippen LogP contribution in [0.5, 0.6) is 0 Å². The maximum atomic E-state index is 12.1. The molecule has 0 aliphatic rings. The molecule has 126 valence electrons. The zero-order valence-corrected chi connectivity index (χ0v) is 14.3. The minimum atomic E-state index is -0.160. The average Bonchev–Trinajstić information content (AvgIpc) is 2.49. The second-order valence-electron chi connectivity index (χ2n) is 5.45. The van der Waals surface area contributed by atoms with Crippen LogP contribution in [0.4, 0.5) is 11.4 Å². The van der Waals surface area contributed by atoms with Crippen molar-refractivity contribution in [2.24, 2.45) is 0 Å². The topological polar surface area (TPSA) is 74.3 Å². The third-order valence-electron chi connectivity index (χ3n) is 3.18. The van der Waals surface area contributed by atoms with Crippen LogP contribution in [-0.2, 0) is 16.1 Å². The number of benzene rings is 1. The van der Waals surface area contributed by atoms with Crippen LogP contribution in [0.15, 0.2) is 42.7 Å². The number of anilines is 2. The van der Waals surface area contributed by atoms with Gasteiger partial charge in [0.2, 0.25) is 11.8 Å². The van der Waals surface area contributed by atoms with Crippen LogP contribution in [0.25, 0.3) is 0 Å². The minimum absolute atomic E-state index is 0.150. The Bertz CT molecular complexity index is 736. The highest BCUT2D eigenvalue weighted by atomic mass is 35.5. The zero-order valence-electron chi connectivity index (χ0n) is 13.5. The van der Waals surface area contributed by atoms with Gasteiger partial charge in [0, 0.05) is 37.2 Å². The molecule has 0 aliphatic carbocycles. The molecule has 1 aromatic carbocycles. The number of pyridine rings is 1. The number of halogens is 1. The number of likely N-dealkylation sites (N-methyl/N-ethyl adjacent to an activating group) is 1. The summed E-state index contributed by atoms with van der Waals surface area (Å²) >= 11 is 6.07. The molecule has 2 rings (SSSR count). The lowest BCUT2D eigenvalue weighted by molar-refractivity contribution is -0.117. The number of aromatic nitrogens is 1. The van der Waals surface area contributed by atoms with Crippen LogP contribution >= 0.6 is 11.6 Å². The van der Waals surface area contributed by atoms with E-state index in [1.807, 2.05) is 18.0 Å². The molecule has 0 fully saturated rings.